The third-order valence-electron chi connectivity index (χ3n) is 6.81. The molecule has 0 unspecified atom stereocenters. The molecule has 1 aliphatic carbocycles. The fourth-order valence-corrected chi connectivity index (χ4v) is 4.81. The summed E-state index contributed by atoms with van der Waals surface area (Å²) in [6, 6.07) is 8.89. The number of rotatable bonds is 8. The van der Waals surface area contributed by atoms with E-state index in [1.54, 1.807) is 18.2 Å². The lowest BCUT2D eigenvalue weighted by Gasteiger charge is -2.36. The topological polar surface area (TPSA) is 105 Å². The number of amides is 1. The summed E-state index contributed by atoms with van der Waals surface area (Å²) in [5.41, 5.74) is 8.07. The van der Waals surface area contributed by atoms with E-state index in [0.717, 1.165) is 24.6 Å². The molecule has 8 nitrogen and oxygen atoms in total. The molecule has 1 saturated heterocycles. The molecule has 33 heavy (non-hydrogen) atoms. The Kier molecular flexibility index (Phi) is 7.99. The number of aromatic nitrogens is 2. The maximum absolute atomic E-state index is 12.6. The number of carbonyl (C=O) groups is 1. The van der Waals surface area contributed by atoms with Crippen LogP contribution in [0.2, 0.25) is 0 Å². The van der Waals surface area contributed by atoms with Crippen LogP contribution < -0.4 is 10.6 Å². The Morgan fingerprint density at radius 3 is 2.58 bits per heavy atom. The van der Waals surface area contributed by atoms with E-state index in [2.05, 4.69) is 15.1 Å². The number of piperazine rings is 1. The van der Waals surface area contributed by atoms with Gasteiger partial charge in [-0.3, -0.25) is 4.79 Å². The number of nitrogens with two attached hydrogens (primary N) is 1. The maximum atomic E-state index is 12.6. The normalized spacial score (nSPS) is 17.3. The molecule has 0 radical (unpaired) electrons. The molecule has 1 amide bonds. The number of carbonyl (C=O) groups excluding carboxylic acids is 1. The van der Waals surface area contributed by atoms with E-state index in [1.807, 2.05) is 17.0 Å². The van der Waals surface area contributed by atoms with Crippen molar-refractivity contribution in [1.82, 2.24) is 15.1 Å². The van der Waals surface area contributed by atoms with E-state index in [1.165, 1.54) is 32.1 Å². The predicted molar refractivity (Wildman–Crippen MR) is 129 cm³/mol. The predicted octanol–water partition coefficient (Wildman–Crippen LogP) is 3.46. The molecule has 2 fully saturated rings. The average molecular weight is 454 g/mol. The van der Waals surface area contributed by atoms with Crippen LogP contribution in [0.5, 0.6) is 5.75 Å². The Balaban J connectivity index is 1.23. The zero-order chi connectivity index (χ0) is 23.0. The van der Waals surface area contributed by atoms with Crippen molar-refractivity contribution in [1.29, 1.82) is 0 Å². The van der Waals surface area contributed by atoms with Gasteiger partial charge in [0.1, 0.15) is 5.75 Å². The van der Waals surface area contributed by atoms with Gasteiger partial charge in [0.15, 0.2) is 5.82 Å². The lowest BCUT2D eigenvalue weighted by molar-refractivity contribution is -0.132. The summed E-state index contributed by atoms with van der Waals surface area (Å²) in [6.07, 6.45) is 8.30. The molecule has 2 heterocycles. The number of nitrogens with zero attached hydrogens (tertiary/aromatic N) is 4. The second kappa shape index (κ2) is 11.3. The van der Waals surface area contributed by atoms with Crippen molar-refractivity contribution in [3.63, 3.8) is 0 Å². The quantitative estimate of drug-likeness (QED) is 0.590. The van der Waals surface area contributed by atoms with Gasteiger partial charge in [-0.15, -0.1) is 10.2 Å². The van der Waals surface area contributed by atoms with E-state index >= 15 is 0 Å². The van der Waals surface area contributed by atoms with Crippen LogP contribution in [0, 0.1) is 5.92 Å². The largest absolute Gasteiger partial charge is 0.507 e. The zero-order valence-electron chi connectivity index (χ0n) is 19.3. The highest BCUT2D eigenvalue weighted by atomic mass is 16.5. The third kappa shape index (κ3) is 6.13. The zero-order valence-corrected chi connectivity index (χ0v) is 19.3. The van der Waals surface area contributed by atoms with Gasteiger partial charge in [0, 0.05) is 38.3 Å². The number of ether oxygens (including phenoxy) is 1. The number of hydrogen-bond donors (Lipinski definition) is 2. The van der Waals surface area contributed by atoms with Gasteiger partial charge in [-0.2, -0.15) is 0 Å². The Hall–Kier alpha value is -2.87. The minimum atomic E-state index is 0.142. The second-order valence-electron chi connectivity index (χ2n) is 9.04. The van der Waals surface area contributed by atoms with Gasteiger partial charge < -0.3 is 25.4 Å². The summed E-state index contributed by atoms with van der Waals surface area (Å²) in [4.78, 5) is 16.6. The number of anilines is 2. The van der Waals surface area contributed by atoms with E-state index < -0.39 is 0 Å². The molecule has 1 aliphatic heterocycles. The van der Waals surface area contributed by atoms with Gasteiger partial charge in [0.05, 0.1) is 24.4 Å². The Morgan fingerprint density at radius 1 is 1.06 bits per heavy atom. The van der Waals surface area contributed by atoms with Gasteiger partial charge >= 0.3 is 0 Å². The van der Waals surface area contributed by atoms with E-state index in [-0.39, 0.29) is 11.7 Å². The molecule has 1 aromatic heterocycles. The average Bonchev–Trinajstić information content (AvgIpc) is 2.85. The Morgan fingerprint density at radius 2 is 1.82 bits per heavy atom. The van der Waals surface area contributed by atoms with E-state index in [9.17, 15) is 9.90 Å². The number of nitrogen functional groups attached to an aromatic ring is 1. The Labute approximate surface area is 195 Å². The first kappa shape index (κ1) is 23.3. The van der Waals surface area contributed by atoms with Crippen molar-refractivity contribution in [2.45, 2.75) is 44.9 Å². The number of phenolic OH excluding ortho intramolecular Hbond substituents is 1. The first-order chi connectivity index (χ1) is 16.1. The number of phenols is 1. The monoisotopic (exact) mass is 453 g/mol. The molecule has 178 valence electrons. The highest BCUT2D eigenvalue weighted by Gasteiger charge is 2.23. The summed E-state index contributed by atoms with van der Waals surface area (Å²) in [5, 5.41) is 18.4. The van der Waals surface area contributed by atoms with Crippen molar-refractivity contribution in [2.75, 3.05) is 50.0 Å². The highest BCUT2D eigenvalue weighted by Crippen LogP contribution is 2.31. The first-order valence-electron chi connectivity index (χ1n) is 12.1. The van der Waals surface area contributed by atoms with E-state index in [0.29, 0.717) is 56.3 Å². The summed E-state index contributed by atoms with van der Waals surface area (Å²) in [5.74, 6) is 1.45. The van der Waals surface area contributed by atoms with Gasteiger partial charge in [0.2, 0.25) is 5.91 Å². The van der Waals surface area contributed by atoms with Gasteiger partial charge in [-0.1, -0.05) is 44.2 Å². The molecule has 2 aliphatic rings. The lowest BCUT2D eigenvalue weighted by atomic mass is 9.87. The van der Waals surface area contributed by atoms with Crippen LogP contribution >= 0.6 is 0 Å². The number of para-hydroxylation sites is 1. The lowest BCUT2D eigenvalue weighted by Crippen LogP contribution is -2.49. The molecule has 0 bridgehead atoms. The minimum absolute atomic E-state index is 0.142. The van der Waals surface area contributed by atoms with Crippen LogP contribution in [-0.2, 0) is 9.53 Å². The summed E-state index contributed by atoms with van der Waals surface area (Å²) >= 11 is 0. The minimum Gasteiger partial charge on any atom is -0.507 e. The SMILES string of the molecule is Nc1nnc(-c2ccccc2O)cc1N1CCN(C(=O)CCOCCC2CCCCC2)CC1. The Bertz CT molecular complexity index is 924. The molecule has 8 heteroatoms. The molecule has 3 N–H and O–H groups in total. The second-order valence-corrected chi connectivity index (χ2v) is 9.04. The standard InChI is InChI=1S/C25H35N5O3/c26-25-22(18-21(27-28-25)20-8-4-5-9-23(20)31)29-12-14-30(15-13-29)24(32)11-17-33-16-10-19-6-2-1-3-7-19/h4-5,8-9,18-19,31H,1-3,6-7,10-17H2,(H2,26,28). The first-order valence-corrected chi connectivity index (χ1v) is 12.1. The van der Waals surface area contributed by atoms with Crippen molar-refractivity contribution >= 4 is 17.4 Å². The molecule has 1 saturated carbocycles. The molecule has 1 aromatic carbocycles. The van der Waals surface area contributed by atoms with Crippen LogP contribution in [0.25, 0.3) is 11.3 Å². The van der Waals surface area contributed by atoms with Crippen LogP contribution in [-0.4, -0.2) is 65.5 Å². The number of aromatic hydroxyl groups is 1. The van der Waals surface area contributed by atoms with Crippen LogP contribution in [0.15, 0.2) is 30.3 Å². The van der Waals surface area contributed by atoms with Crippen LogP contribution in [0.3, 0.4) is 0 Å². The van der Waals surface area contributed by atoms with Gasteiger partial charge in [-0.25, -0.2) is 0 Å². The summed E-state index contributed by atoms with van der Waals surface area (Å²) in [7, 11) is 0. The van der Waals surface area contributed by atoms with Gasteiger partial charge in [-0.05, 0) is 30.5 Å². The molecular formula is C25H35N5O3. The molecule has 0 spiro atoms. The summed E-state index contributed by atoms with van der Waals surface area (Å²) < 4.78 is 5.76. The van der Waals surface area contributed by atoms with Crippen molar-refractivity contribution < 1.29 is 14.6 Å². The maximum Gasteiger partial charge on any atom is 0.225 e. The smallest absolute Gasteiger partial charge is 0.225 e. The van der Waals surface area contributed by atoms with Gasteiger partial charge in [0.25, 0.3) is 0 Å². The fraction of sp³-hybridized carbons (Fsp3) is 0.560. The van der Waals surface area contributed by atoms with Crippen LogP contribution in [0.4, 0.5) is 11.5 Å². The highest BCUT2D eigenvalue weighted by molar-refractivity contribution is 5.77. The van der Waals surface area contributed by atoms with Crippen molar-refractivity contribution in [3.8, 4) is 17.0 Å². The molecule has 4 rings (SSSR count). The number of hydrogen-bond acceptors (Lipinski definition) is 7. The molecule has 2 aromatic rings. The molecular weight excluding hydrogens is 418 g/mol. The summed E-state index contributed by atoms with van der Waals surface area (Å²) in [6.45, 7) is 3.87. The fourth-order valence-electron chi connectivity index (χ4n) is 4.81. The van der Waals surface area contributed by atoms with Crippen LogP contribution in [0.1, 0.15) is 44.9 Å². The molecule has 0 atom stereocenters. The number of benzene rings is 1. The van der Waals surface area contributed by atoms with E-state index in [4.69, 9.17) is 10.5 Å². The third-order valence-corrected chi connectivity index (χ3v) is 6.81. The van der Waals surface area contributed by atoms with Crippen molar-refractivity contribution in [2.24, 2.45) is 5.92 Å². The van der Waals surface area contributed by atoms with Crippen molar-refractivity contribution in [3.05, 3.63) is 30.3 Å².